The van der Waals surface area contributed by atoms with Crippen LogP contribution < -0.4 is 21.3 Å². The second kappa shape index (κ2) is 34.1. The minimum atomic E-state index is -4.76. The summed E-state index contributed by atoms with van der Waals surface area (Å²) in [7, 11) is 11.3. The molecular formula is C66H102ClF3N12O12. The normalized spacial score (nSPS) is 27.6. The number of carbonyl (C=O) groups excluding carboxylic acids is 12. The third kappa shape index (κ3) is 19.6. The Balaban J connectivity index is 1.57. The highest BCUT2D eigenvalue weighted by molar-refractivity contribution is 6.31. The third-order valence-electron chi connectivity index (χ3n) is 19.6. The smallest absolute Gasteiger partial charge is 0.347 e. The number of carbonyl (C=O) groups is 12. The molecule has 1 aromatic carbocycles. The quantitative estimate of drug-likeness (QED) is 0.242. The molecule has 0 spiro atoms. The molecule has 28 heteroatoms. The Morgan fingerprint density at radius 3 is 1.82 bits per heavy atom. The minimum Gasteiger partial charge on any atom is -0.347 e. The van der Waals surface area contributed by atoms with E-state index in [1.54, 1.807) is 6.92 Å². The van der Waals surface area contributed by atoms with Gasteiger partial charge in [-0.3, -0.25) is 57.5 Å². The third-order valence-corrected chi connectivity index (χ3v) is 19.9. The number of hydrogen-bond donors (Lipinski definition) is 4. The zero-order valence-corrected chi connectivity index (χ0v) is 58.3. The van der Waals surface area contributed by atoms with Crippen LogP contribution >= 0.6 is 11.6 Å². The molecule has 526 valence electrons. The number of amides is 12. The highest BCUT2D eigenvalue weighted by Crippen LogP contribution is 2.36. The fraction of sp³-hybridized carbons (Fsp3) is 0.727. The van der Waals surface area contributed by atoms with Crippen molar-refractivity contribution in [2.75, 3.05) is 69.5 Å². The van der Waals surface area contributed by atoms with Crippen LogP contribution in [-0.2, 0) is 70.1 Å². The highest BCUT2D eigenvalue weighted by atomic mass is 35.5. The number of nitrogens with one attached hydrogen (secondary N) is 4. The van der Waals surface area contributed by atoms with Crippen LogP contribution in [0.2, 0.25) is 5.02 Å². The summed E-state index contributed by atoms with van der Waals surface area (Å²) in [6.07, 6.45) is 2.04. The molecule has 2 saturated carbocycles. The lowest BCUT2D eigenvalue weighted by Crippen LogP contribution is -2.65. The summed E-state index contributed by atoms with van der Waals surface area (Å²) in [4.78, 5) is 184. The monoisotopic (exact) mass is 1350 g/mol. The van der Waals surface area contributed by atoms with Gasteiger partial charge in [-0.25, -0.2) is 0 Å². The summed E-state index contributed by atoms with van der Waals surface area (Å²) in [5.74, 6) is -9.52. The van der Waals surface area contributed by atoms with Crippen LogP contribution in [0, 0.1) is 23.7 Å². The molecule has 94 heavy (non-hydrogen) atoms. The van der Waals surface area contributed by atoms with E-state index in [1.807, 2.05) is 20.8 Å². The van der Waals surface area contributed by atoms with E-state index in [4.69, 9.17) is 11.6 Å². The van der Waals surface area contributed by atoms with Crippen molar-refractivity contribution in [2.24, 2.45) is 23.7 Å². The lowest BCUT2D eigenvalue weighted by molar-refractivity contribution is -0.160. The molecule has 11 atom stereocenters. The van der Waals surface area contributed by atoms with E-state index in [9.17, 15) is 65.9 Å². The molecule has 24 nitrogen and oxygen atoms in total. The molecule has 2 aliphatic heterocycles. The Morgan fingerprint density at radius 1 is 0.660 bits per heavy atom. The Morgan fingerprint density at radius 2 is 1.27 bits per heavy atom. The van der Waals surface area contributed by atoms with Crippen molar-refractivity contribution in [3.63, 3.8) is 0 Å². The first-order valence-electron chi connectivity index (χ1n) is 33.1. The molecule has 5 rings (SSSR count). The van der Waals surface area contributed by atoms with Crippen molar-refractivity contribution in [3.05, 3.63) is 34.3 Å². The molecule has 0 bridgehead atoms. The zero-order chi connectivity index (χ0) is 70.5. The molecule has 0 unspecified atom stereocenters. The molecule has 2 saturated heterocycles. The Kier molecular flexibility index (Phi) is 28.1. The fourth-order valence-electron chi connectivity index (χ4n) is 13.1. The van der Waals surface area contributed by atoms with Crippen molar-refractivity contribution < 1.29 is 70.7 Å². The molecule has 2 heterocycles. The van der Waals surface area contributed by atoms with Gasteiger partial charge < -0.3 is 60.5 Å². The van der Waals surface area contributed by atoms with Crippen LogP contribution in [0.25, 0.3) is 0 Å². The summed E-state index contributed by atoms with van der Waals surface area (Å²) in [6, 6.07) is -9.57. The molecule has 12 amide bonds. The van der Waals surface area contributed by atoms with E-state index in [-0.39, 0.29) is 56.0 Å². The number of fused-ring (bicyclic) bond motifs is 1. The van der Waals surface area contributed by atoms with E-state index in [0.29, 0.717) is 19.3 Å². The van der Waals surface area contributed by atoms with Crippen LogP contribution in [-0.4, -0.2) is 240 Å². The van der Waals surface area contributed by atoms with Gasteiger partial charge in [0, 0.05) is 62.9 Å². The fourth-order valence-corrected chi connectivity index (χ4v) is 13.4. The number of aryl methyl sites for hydroxylation is 1. The summed E-state index contributed by atoms with van der Waals surface area (Å²) in [5, 5.41) is 10.1. The van der Waals surface area contributed by atoms with E-state index >= 15 is 4.79 Å². The number of hydrogen-bond acceptors (Lipinski definition) is 12. The number of halogens is 4. The van der Waals surface area contributed by atoms with Crippen LogP contribution in [0.3, 0.4) is 0 Å². The van der Waals surface area contributed by atoms with Crippen molar-refractivity contribution in [3.8, 4) is 0 Å². The summed E-state index contributed by atoms with van der Waals surface area (Å²) in [5.41, 5.74) is -0.823. The number of rotatable bonds is 11. The lowest BCUT2D eigenvalue weighted by atomic mass is 9.84. The van der Waals surface area contributed by atoms with E-state index in [0.717, 1.165) is 66.9 Å². The molecule has 2 aliphatic carbocycles. The number of likely N-dealkylation sites (N-methyl/N-ethyl adjacent to an activating group) is 7. The van der Waals surface area contributed by atoms with Crippen LogP contribution in [0.5, 0.6) is 0 Å². The first kappa shape index (κ1) is 77.6. The van der Waals surface area contributed by atoms with Crippen molar-refractivity contribution in [1.82, 2.24) is 60.5 Å². The Labute approximate surface area is 556 Å². The second-order valence-corrected chi connectivity index (χ2v) is 27.6. The van der Waals surface area contributed by atoms with Crippen molar-refractivity contribution in [1.29, 1.82) is 0 Å². The van der Waals surface area contributed by atoms with Gasteiger partial charge in [0.05, 0.1) is 23.6 Å². The largest absolute Gasteiger partial charge is 0.417 e. The van der Waals surface area contributed by atoms with E-state index in [2.05, 4.69) is 21.3 Å². The Bertz CT molecular complexity index is 2930. The highest BCUT2D eigenvalue weighted by Gasteiger charge is 2.47. The van der Waals surface area contributed by atoms with Crippen LogP contribution in [0.15, 0.2) is 18.2 Å². The zero-order valence-electron chi connectivity index (χ0n) is 57.5. The molecule has 1 aromatic rings. The van der Waals surface area contributed by atoms with Crippen molar-refractivity contribution >= 4 is 82.5 Å². The first-order chi connectivity index (χ1) is 43.9. The molecule has 4 N–H and O–H groups in total. The second-order valence-electron chi connectivity index (χ2n) is 27.2. The first-order valence-corrected chi connectivity index (χ1v) is 33.5. The van der Waals surface area contributed by atoms with Gasteiger partial charge in [-0.1, -0.05) is 96.7 Å². The average Bonchev–Trinajstić information content (AvgIpc) is 0.888. The maximum Gasteiger partial charge on any atom is 0.417 e. The van der Waals surface area contributed by atoms with Gasteiger partial charge in [-0.15, -0.1) is 0 Å². The molecule has 4 aliphatic rings. The molecule has 4 fully saturated rings. The van der Waals surface area contributed by atoms with Gasteiger partial charge in [0.1, 0.15) is 60.4 Å². The van der Waals surface area contributed by atoms with Gasteiger partial charge >= 0.3 is 6.18 Å². The molecule has 0 aromatic heterocycles. The van der Waals surface area contributed by atoms with Gasteiger partial charge in [-0.2, -0.15) is 13.2 Å². The summed E-state index contributed by atoms with van der Waals surface area (Å²) < 4.78 is 41.1. The van der Waals surface area contributed by atoms with Gasteiger partial charge in [0.25, 0.3) is 0 Å². The molecular weight excluding hydrogens is 1250 g/mol. The van der Waals surface area contributed by atoms with E-state index in [1.165, 1.54) is 113 Å². The number of alkyl halides is 3. The topological polar surface area (TPSA) is 279 Å². The van der Waals surface area contributed by atoms with Crippen molar-refractivity contribution in [2.45, 2.75) is 218 Å². The van der Waals surface area contributed by atoms with Gasteiger partial charge in [0.2, 0.25) is 70.9 Å². The standard InChI is InChI=1S/C66H102ClF3N12O12/c1-16-38(4)54-64(93)77(11)41(7)60(89)82-31-30-48(82)63(92)79(13)50(34-42-22-18-17-19-23-42)62(91)76(10)36-52(83)73-47(29-27-43-26-28-45(46(67)33-43)66(68,69)70)57(86)71-39(5)56(85)72-40(6)59(88)81(15)55(44-24-20-21-25-44)65(94)80(14)51(61(90)75(8)9)35-53(84)78(12)49(32-37(2)3)58(87)74-54/h26,28,33,37-42,44,47-51,54-55H,16-25,27,29-32,34-36H2,1-15H3,(H,71,86)(H,72,85)(H,73,83)(H,74,87)/t38-,39+,40-,41-,47-,48-,49-,50-,51-,54-,55-/m0/s1. The van der Waals surface area contributed by atoms with Gasteiger partial charge in [0.15, 0.2) is 0 Å². The maximum atomic E-state index is 15.1. The van der Waals surface area contributed by atoms with E-state index < -0.39 is 173 Å². The Hall–Kier alpha value is -7.06. The number of benzene rings is 1. The SMILES string of the molecule is CC[C@H](C)[C@@H]1NC(=O)[C@H](CC(C)C)N(C)C(=O)C[C@@H](C(=O)N(C)C)N(C)C(=O)[C@H](C2CCCC2)N(C)C(=O)[C@H](C)NC(=O)[C@@H](C)NC(=O)[C@H](CCc2ccc(C(F)(F)F)c(Cl)c2)NC(=O)CN(C)C(=O)[C@H](CC2CCCCC2)N(C)C(=O)[C@@H]2CCN2C(=O)[C@H](C)N(C)C1=O. The van der Waals surface area contributed by atoms with Crippen LogP contribution in [0.1, 0.15) is 156 Å². The summed E-state index contributed by atoms with van der Waals surface area (Å²) in [6.45, 7) is 11.0. The predicted octanol–water partition coefficient (Wildman–Crippen LogP) is 4.23. The maximum absolute atomic E-state index is 15.1. The summed E-state index contributed by atoms with van der Waals surface area (Å²) >= 11 is 6.06. The minimum absolute atomic E-state index is 0.0180. The average molecular weight is 1350 g/mol. The lowest BCUT2D eigenvalue weighted by Gasteiger charge is -2.45. The van der Waals surface area contributed by atoms with Crippen LogP contribution in [0.4, 0.5) is 13.2 Å². The van der Waals surface area contributed by atoms with Gasteiger partial charge in [-0.05, 0) is 107 Å². The number of nitrogens with zero attached hydrogens (tertiary/aromatic N) is 8. The predicted molar refractivity (Wildman–Crippen MR) is 345 cm³/mol. The molecule has 0 radical (unpaired) electrons.